The number of ether oxygens (including phenoxy) is 2. The Kier molecular flexibility index (Phi) is 5.43. The standard InChI is InChI=1S/C20H19FO4/c21-17-7-1-14(2-8-17)15-3-11-19(12-4-15)25-20(23)16-5-9-18(10-6-16)24-13-22/h1-4,7-8,11-13,16,18H,5-6,9-10H2. The Morgan fingerprint density at radius 3 is 2.04 bits per heavy atom. The van der Waals surface area contributed by atoms with Crippen molar-refractivity contribution in [2.75, 3.05) is 0 Å². The van der Waals surface area contributed by atoms with E-state index in [0.29, 0.717) is 37.9 Å². The van der Waals surface area contributed by atoms with Crippen molar-refractivity contribution < 1.29 is 23.5 Å². The Hall–Kier alpha value is -2.69. The fourth-order valence-corrected chi connectivity index (χ4v) is 3.07. The maximum absolute atomic E-state index is 13.0. The predicted molar refractivity (Wildman–Crippen MR) is 90.4 cm³/mol. The Labute approximate surface area is 145 Å². The molecule has 0 amide bonds. The fourth-order valence-electron chi connectivity index (χ4n) is 3.07. The minimum atomic E-state index is -0.275. The summed E-state index contributed by atoms with van der Waals surface area (Å²) in [4.78, 5) is 22.6. The first-order valence-corrected chi connectivity index (χ1v) is 8.32. The molecular weight excluding hydrogens is 323 g/mol. The van der Waals surface area contributed by atoms with E-state index in [-0.39, 0.29) is 23.8 Å². The summed E-state index contributed by atoms with van der Waals surface area (Å²) in [7, 11) is 0. The molecule has 3 rings (SSSR count). The van der Waals surface area contributed by atoms with Gasteiger partial charge in [-0.05, 0) is 61.1 Å². The minimum Gasteiger partial charge on any atom is -0.465 e. The van der Waals surface area contributed by atoms with Gasteiger partial charge in [-0.1, -0.05) is 24.3 Å². The molecule has 0 unspecified atom stereocenters. The number of carbonyl (C=O) groups is 2. The molecule has 2 aromatic carbocycles. The molecule has 0 spiro atoms. The summed E-state index contributed by atoms with van der Waals surface area (Å²) in [5.74, 6) is -0.202. The molecule has 0 bridgehead atoms. The lowest BCUT2D eigenvalue weighted by atomic mass is 9.87. The van der Waals surface area contributed by atoms with Crippen LogP contribution < -0.4 is 4.74 Å². The maximum Gasteiger partial charge on any atom is 0.314 e. The highest BCUT2D eigenvalue weighted by Gasteiger charge is 2.28. The lowest BCUT2D eigenvalue weighted by Gasteiger charge is -2.25. The summed E-state index contributed by atoms with van der Waals surface area (Å²) in [6, 6.07) is 13.4. The molecule has 1 fully saturated rings. The van der Waals surface area contributed by atoms with Gasteiger partial charge in [0, 0.05) is 0 Å². The van der Waals surface area contributed by atoms with E-state index < -0.39 is 0 Å². The van der Waals surface area contributed by atoms with Crippen LogP contribution in [0.3, 0.4) is 0 Å². The molecule has 0 heterocycles. The summed E-state index contributed by atoms with van der Waals surface area (Å²) in [5, 5.41) is 0. The van der Waals surface area contributed by atoms with E-state index in [4.69, 9.17) is 9.47 Å². The summed E-state index contributed by atoms with van der Waals surface area (Å²) < 4.78 is 23.4. The third-order valence-corrected chi connectivity index (χ3v) is 4.51. The van der Waals surface area contributed by atoms with Crippen LogP contribution >= 0.6 is 0 Å². The SMILES string of the molecule is O=COC1CCC(C(=O)Oc2ccc(-c3ccc(F)cc3)cc2)CC1. The number of hydrogen-bond donors (Lipinski definition) is 0. The van der Waals surface area contributed by atoms with Gasteiger partial charge < -0.3 is 9.47 Å². The summed E-state index contributed by atoms with van der Waals surface area (Å²) >= 11 is 0. The van der Waals surface area contributed by atoms with Gasteiger partial charge in [0.1, 0.15) is 17.7 Å². The van der Waals surface area contributed by atoms with Crippen molar-refractivity contribution in [1.29, 1.82) is 0 Å². The molecule has 0 aromatic heterocycles. The number of halogens is 1. The molecule has 0 aliphatic heterocycles. The molecular formula is C20H19FO4. The van der Waals surface area contributed by atoms with Gasteiger partial charge >= 0.3 is 5.97 Å². The number of benzene rings is 2. The second-order valence-corrected chi connectivity index (χ2v) is 6.16. The molecule has 4 nitrogen and oxygen atoms in total. The van der Waals surface area contributed by atoms with Gasteiger partial charge in [0.2, 0.25) is 0 Å². The molecule has 0 radical (unpaired) electrons. The first-order chi connectivity index (χ1) is 12.2. The van der Waals surface area contributed by atoms with Crippen molar-refractivity contribution in [2.24, 2.45) is 5.92 Å². The highest BCUT2D eigenvalue weighted by molar-refractivity contribution is 5.75. The number of carbonyl (C=O) groups excluding carboxylic acids is 2. The van der Waals surface area contributed by atoms with Crippen LogP contribution in [-0.2, 0) is 14.3 Å². The van der Waals surface area contributed by atoms with E-state index in [0.717, 1.165) is 11.1 Å². The number of esters is 1. The summed E-state index contributed by atoms with van der Waals surface area (Å²) in [5.41, 5.74) is 1.82. The van der Waals surface area contributed by atoms with E-state index in [9.17, 15) is 14.0 Å². The Morgan fingerprint density at radius 1 is 0.920 bits per heavy atom. The average Bonchev–Trinajstić information content (AvgIpc) is 2.64. The van der Waals surface area contributed by atoms with Crippen LogP contribution in [-0.4, -0.2) is 18.5 Å². The van der Waals surface area contributed by atoms with Gasteiger partial charge in [-0.25, -0.2) is 4.39 Å². The minimum absolute atomic E-state index is 0.0865. The van der Waals surface area contributed by atoms with Crippen molar-refractivity contribution in [1.82, 2.24) is 0 Å². The normalized spacial score (nSPS) is 19.9. The third-order valence-electron chi connectivity index (χ3n) is 4.51. The van der Waals surface area contributed by atoms with Crippen molar-refractivity contribution >= 4 is 12.4 Å². The lowest BCUT2D eigenvalue weighted by Crippen LogP contribution is -2.28. The molecule has 1 aliphatic rings. The average molecular weight is 342 g/mol. The fraction of sp³-hybridized carbons (Fsp3) is 0.300. The van der Waals surface area contributed by atoms with Crippen molar-refractivity contribution in [2.45, 2.75) is 31.8 Å². The Morgan fingerprint density at radius 2 is 1.48 bits per heavy atom. The molecule has 2 aromatic rings. The molecule has 0 saturated heterocycles. The van der Waals surface area contributed by atoms with Crippen LogP contribution in [0.25, 0.3) is 11.1 Å². The monoisotopic (exact) mass is 342 g/mol. The largest absolute Gasteiger partial charge is 0.465 e. The lowest BCUT2D eigenvalue weighted by molar-refractivity contribution is -0.142. The first-order valence-electron chi connectivity index (χ1n) is 8.32. The quantitative estimate of drug-likeness (QED) is 0.466. The van der Waals surface area contributed by atoms with Crippen molar-refractivity contribution in [3.8, 4) is 16.9 Å². The number of rotatable bonds is 5. The Balaban J connectivity index is 1.57. The smallest absolute Gasteiger partial charge is 0.314 e. The molecule has 0 atom stereocenters. The summed E-state index contributed by atoms with van der Waals surface area (Å²) in [6.45, 7) is 0.464. The van der Waals surface area contributed by atoms with Crippen LogP contribution in [0.2, 0.25) is 0 Å². The van der Waals surface area contributed by atoms with E-state index in [2.05, 4.69) is 0 Å². The van der Waals surface area contributed by atoms with E-state index in [1.54, 1.807) is 24.3 Å². The van der Waals surface area contributed by atoms with Crippen LogP contribution in [0.4, 0.5) is 4.39 Å². The van der Waals surface area contributed by atoms with Gasteiger partial charge in [0.05, 0.1) is 5.92 Å². The van der Waals surface area contributed by atoms with Gasteiger partial charge in [-0.15, -0.1) is 0 Å². The molecule has 25 heavy (non-hydrogen) atoms. The second-order valence-electron chi connectivity index (χ2n) is 6.16. The van der Waals surface area contributed by atoms with Crippen LogP contribution in [0, 0.1) is 11.7 Å². The molecule has 5 heteroatoms. The zero-order valence-electron chi connectivity index (χ0n) is 13.7. The van der Waals surface area contributed by atoms with Crippen LogP contribution in [0.5, 0.6) is 5.75 Å². The zero-order chi connectivity index (χ0) is 17.6. The summed E-state index contributed by atoms with van der Waals surface area (Å²) in [6.07, 6.45) is 2.59. The van der Waals surface area contributed by atoms with Gasteiger partial charge in [0.25, 0.3) is 6.47 Å². The highest BCUT2D eigenvalue weighted by Crippen LogP contribution is 2.28. The zero-order valence-corrected chi connectivity index (χ0v) is 13.7. The van der Waals surface area contributed by atoms with Gasteiger partial charge in [-0.3, -0.25) is 9.59 Å². The van der Waals surface area contributed by atoms with Crippen molar-refractivity contribution in [3.05, 3.63) is 54.3 Å². The Bertz CT molecular complexity index is 716. The predicted octanol–water partition coefficient (Wildman–Crippen LogP) is 4.13. The van der Waals surface area contributed by atoms with Crippen LogP contribution in [0.15, 0.2) is 48.5 Å². The molecule has 130 valence electrons. The first kappa shape index (κ1) is 17.1. The maximum atomic E-state index is 13.0. The highest BCUT2D eigenvalue weighted by atomic mass is 19.1. The van der Waals surface area contributed by atoms with Crippen molar-refractivity contribution in [3.63, 3.8) is 0 Å². The number of hydrogen-bond acceptors (Lipinski definition) is 4. The topological polar surface area (TPSA) is 52.6 Å². The van der Waals surface area contributed by atoms with Gasteiger partial charge in [0.15, 0.2) is 0 Å². The second kappa shape index (κ2) is 7.92. The van der Waals surface area contributed by atoms with E-state index in [1.165, 1.54) is 12.1 Å². The van der Waals surface area contributed by atoms with Crippen LogP contribution in [0.1, 0.15) is 25.7 Å². The van der Waals surface area contributed by atoms with E-state index >= 15 is 0 Å². The molecule has 1 saturated carbocycles. The van der Waals surface area contributed by atoms with Gasteiger partial charge in [-0.2, -0.15) is 0 Å². The van der Waals surface area contributed by atoms with E-state index in [1.807, 2.05) is 12.1 Å². The third kappa shape index (κ3) is 4.44. The molecule has 1 aliphatic carbocycles. The molecule has 0 N–H and O–H groups in total.